The minimum absolute atomic E-state index is 0.0951. The first-order valence-electron chi connectivity index (χ1n) is 20.9. The third-order valence-electron chi connectivity index (χ3n) is 10.5. The lowest BCUT2D eigenvalue weighted by atomic mass is 10.3. The molecule has 2 aromatic rings. The van der Waals surface area contributed by atoms with Crippen molar-refractivity contribution in [2.45, 2.75) is 83.4 Å². The first-order valence-corrected chi connectivity index (χ1v) is 20.9. The number of aromatic nitrogens is 6. The minimum atomic E-state index is -1.23. The molecule has 0 saturated carbocycles. The number of carbonyl (C=O) groups is 5. The van der Waals surface area contributed by atoms with Gasteiger partial charge in [-0.05, 0) is 0 Å². The van der Waals surface area contributed by atoms with Gasteiger partial charge in [0.15, 0.2) is 12.3 Å². The highest BCUT2D eigenvalue weighted by Gasteiger charge is 2.59. The van der Waals surface area contributed by atoms with Crippen LogP contribution in [0.1, 0.15) is 25.7 Å². The third kappa shape index (κ3) is 12.5. The molecule has 68 heavy (non-hydrogen) atoms. The molecule has 0 aromatic carbocycles. The Morgan fingerprint density at radius 3 is 1.22 bits per heavy atom. The Balaban J connectivity index is 1.46. The van der Waals surface area contributed by atoms with Crippen LogP contribution in [0.25, 0.3) is 0 Å². The summed E-state index contributed by atoms with van der Waals surface area (Å²) in [6, 6.07) is -1.09. The van der Waals surface area contributed by atoms with E-state index in [0.717, 1.165) is 7.11 Å². The number of aliphatic hydroxyl groups is 3. The first-order chi connectivity index (χ1) is 32.5. The fraction of sp³-hybridized carbons (Fsp3) is 0.703. The maximum absolute atomic E-state index is 13.6. The molecule has 3 unspecified atom stereocenters. The average Bonchev–Trinajstić information content (AvgIpc) is 3.72. The second-order valence-corrected chi connectivity index (χ2v) is 14.8. The third-order valence-corrected chi connectivity index (χ3v) is 10.5. The molecular weight excluding hydrogens is 920 g/mol. The number of hydrogen-bond acceptors (Lipinski definition) is 21. The summed E-state index contributed by atoms with van der Waals surface area (Å²) in [5, 5.41) is 28.0. The Morgan fingerprint density at radius 1 is 0.485 bits per heavy atom. The zero-order chi connectivity index (χ0) is 50.2. The average molecular weight is 977 g/mol. The van der Waals surface area contributed by atoms with Crippen LogP contribution in [0.15, 0.2) is 28.8 Å². The number of amides is 4. The Hall–Kier alpha value is -6.51. The first kappa shape index (κ1) is 54.1. The highest BCUT2D eigenvalue weighted by atomic mass is 16.5. The van der Waals surface area contributed by atoms with Crippen molar-refractivity contribution in [1.29, 1.82) is 0 Å². The fourth-order valence-electron chi connectivity index (χ4n) is 7.14. The summed E-state index contributed by atoms with van der Waals surface area (Å²) in [6.45, 7) is -7.14. The van der Waals surface area contributed by atoms with E-state index in [1.165, 1.54) is 40.9 Å². The van der Waals surface area contributed by atoms with Gasteiger partial charge in [0.1, 0.15) is 33.5 Å². The van der Waals surface area contributed by atoms with Crippen LogP contribution in [0.3, 0.4) is 0 Å². The van der Waals surface area contributed by atoms with Crippen molar-refractivity contribution in [3.63, 3.8) is 0 Å². The number of methoxy groups -OCH3 is 4. The molecule has 4 amide bonds. The number of hydrogen-bond donors (Lipinski definition) is 3. The lowest BCUT2D eigenvalue weighted by Gasteiger charge is -2.28. The maximum Gasteiger partial charge on any atom is 0.336 e. The molecule has 3 N–H and O–H groups in total. The van der Waals surface area contributed by atoms with Gasteiger partial charge >= 0.3 is 64.1 Å². The molecule has 31 heteroatoms. The van der Waals surface area contributed by atoms with Crippen molar-refractivity contribution in [1.82, 2.24) is 47.0 Å². The number of nitrogens with zero attached hydrogens (tertiary/aromatic N) is 10. The predicted molar refractivity (Wildman–Crippen MR) is 223 cm³/mol. The Morgan fingerprint density at radius 2 is 0.838 bits per heavy atom. The van der Waals surface area contributed by atoms with Gasteiger partial charge in [0, 0.05) is 47.4 Å². The number of rotatable bonds is 29. The SMILES string of the molecule is COCN1C(=O)N(COC)C2C1N(COC)C(=O)N2COCCn1c(=O)n(CCO)c(=O)n(CCOC(=O)CCn2c(=O)n(CCC(=O)OC)c(=O)n(CCC(=O)OCCC(O)CO)c2=O)c1=O. The molecule has 2 aliphatic rings. The summed E-state index contributed by atoms with van der Waals surface area (Å²) in [4.78, 5) is 149. The van der Waals surface area contributed by atoms with Crippen LogP contribution < -0.4 is 34.1 Å². The number of fused-ring (bicyclic) bond motifs is 1. The highest BCUT2D eigenvalue weighted by molar-refractivity contribution is 5.85. The van der Waals surface area contributed by atoms with Crippen LogP contribution in [-0.4, -0.2) is 199 Å². The quantitative estimate of drug-likeness (QED) is 0.0388. The van der Waals surface area contributed by atoms with Crippen LogP contribution in [0.5, 0.6) is 0 Å². The van der Waals surface area contributed by atoms with Crippen LogP contribution in [0.2, 0.25) is 0 Å². The number of esters is 3. The standard InChI is InChI=1S/C37H56N10O21/c1-62-20-44-28-29(46(22-64-3)36(44)60)47(37(61)45(28)21-63-2)23-66-17-13-42-33(57)41(12-15-48)34(58)43(35(42)59)14-18-68-27(53)7-11-40-31(55)38(9-5-25(51)65-4)30(54)39(32(40)56)10-6-26(52)67-16-8-24(50)19-49/h24,28-29,48-50H,5-23H2,1-4H3. The van der Waals surface area contributed by atoms with Gasteiger partial charge in [-0.2, -0.15) is 0 Å². The molecule has 0 aliphatic carbocycles. The predicted octanol–water partition coefficient (Wildman–Crippen LogP) is -6.56. The summed E-state index contributed by atoms with van der Waals surface area (Å²) in [6.07, 6.45) is -4.77. The van der Waals surface area contributed by atoms with E-state index in [2.05, 4.69) is 4.74 Å². The van der Waals surface area contributed by atoms with Crippen LogP contribution in [0.4, 0.5) is 9.59 Å². The number of urea groups is 2. The van der Waals surface area contributed by atoms with Gasteiger partial charge < -0.3 is 48.5 Å². The van der Waals surface area contributed by atoms with E-state index in [1.807, 2.05) is 0 Å². The van der Waals surface area contributed by atoms with Gasteiger partial charge in [0.05, 0.1) is 78.5 Å². The monoisotopic (exact) mass is 976 g/mol. The molecule has 4 heterocycles. The molecule has 4 rings (SSSR count). The molecule has 0 bridgehead atoms. The lowest BCUT2D eigenvalue weighted by molar-refractivity contribution is -0.145. The summed E-state index contributed by atoms with van der Waals surface area (Å²) < 4.78 is 39.3. The van der Waals surface area contributed by atoms with Gasteiger partial charge in [0.25, 0.3) is 0 Å². The fourth-order valence-corrected chi connectivity index (χ4v) is 7.14. The molecule has 3 atom stereocenters. The van der Waals surface area contributed by atoms with Crippen molar-refractivity contribution in [2.75, 3.05) is 88.4 Å². The summed E-state index contributed by atoms with van der Waals surface area (Å²) in [7, 11) is 5.15. The number of carbonyl (C=O) groups excluding carboxylic acids is 5. The summed E-state index contributed by atoms with van der Waals surface area (Å²) in [5.74, 6) is -2.76. The van der Waals surface area contributed by atoms with E-state index >= 15 is 0 Å². The van der Waals surface area contributed by atoms with E-state index in [1.54, 1.807) is 0 Å². The van der Waals surface area contributed by atoms with Gasteiger partial charge in [-0.25, -0.2) is 65.8 Å². The Bertz CT molecular complexity index is 2470. The molecule has 0 spiro atoms. The van der Waals surface area contributed by atoms with E-state index in [-0.39, 0.29) is 33.2 Å². The second-order valence-electron chi connectivity index (χ2n) is 14.8. The zero-order valence-corrected chi connectivity index (χ0v) is 37.8. The lowest BCUT2D eigenvalue weighted by Crippen LogP contribution is -2.55. The maximum atomic E-state index is 13.6. The van der Waals surface area contributed by atoms with Crippen LogP contribution in [-0.2, 0) is 86.8 Å². The van der Waals surface area contributed by atoms with E-state index in [4.69, 9.17) is 33.5 Å². The van der Waals surface area contributed by atoms with E-state index in [9.17, 15) is 63.0 Å². The van der Waals surface area contributed by atoms with Crippen molar-refractivity contribution < 1.29 is 72.5 Å². The zero-order valence-electron chi connectivity index (χ0n) is 37.8. The molecule has 2 aliphatic heterocycles. The largest absolute Gasteiger partial charge is 0.469 e. The van der Waals surface area contributed by atoms with Crippen molar-refractivity contribution in [3.8, 4) is 0 Å². The molecule has 0 radical (unpaired) electrons. The smallest absolute Gasteiger partial charge is 0.336 e. The van der Waals surface area contributed by atoms with Gasteiger partial charge in [0.2, 0.25) is 0 Å². The number of aliphatic hydroxyl groups excluding tert-OH is 3. The van der Waals surface area contributed by atoms with Gasteiger partial charge in [-0.3, -0.25) is 34.0 Å². The Kier molecular flexibility index (Phi) is 20.3. The van der Waals surface area contributed by atoms with Gasteiger partial charge in [-0.15, -0.1) is 0 Å². The molecule has 2 saturated heterocycles. The van der Waals surface area contributed by atoms with Crippen LogP contribution >= 0.6 is 0 Å². The number of ether oxygens (including phenoxy) is 7. The van der Waals surface area contributed by atoms with Crippen LogP contribution in [0, 0.1) is 0 Å². The Labute approximate surface area is 383 Å². The van der Waals surface area contributed by atoms with Crippen molar-refractivity contribution >= 4 is 30.0 Å². The second kappa shape index (κ2) is 25.6. The molecule has 2 fully saturated rings. The van der Waals surface area contributed by atoms with Gasteiger partial charge in [-0.1, -0.05) is 0 Å². The molecule has 31 nitrogen and oxygen atoms in total. The summed E-state index contributed by atoms with van der Waals surface area (Å²) >= 11 is 0. The molecular formula is C37H56N10O21. The van der Waals surface area contributed by atoms with Crippen molar-refractivity contribution in [3.05, 3.63) is 62.9 Å². The molecule has 380 valence electrons. The van der Waals surface area contributed by atoms with E-state index < -0.39 is 174 Å². The van der Waals surface area contributed by atoms with E-state index in [0.29, 0.717) is 27.4 Å². The topological polar surface area (TPSA) is 356 Å². The molecule has 2 aromatic heterocycles. The summed E-state index contributed by atoms with van der Waals surface area (Å²) in [5.41, 5.74) is -7.06. The highest BCUT2D eigenvalue weighted by Crippen LogP contribution is 2.34. The minimum Gasteiger partial charge on any atom is -0.469 e. The normalized spacial score (nSPS) is 16.2. The van der Waals surface area contributed by atoms with Crippen molar-refractivity contribution in [2.24, 2.45) is 0 Å².